The molecular weight excluding hydrogens is 196 g/mol. The van der Waals surface area contributed by atoms with Crippen molar-refractivity contribution in [2.45, 2.75) is 18.9 Å². The van der Waals surface area contributed by atoms with Crippen LogP contribution in [0.15, 0.2) is 43.0 Å². The maximum absolute atomic E-state index is 9.39. The van der Waals surface area contributed by atoms with Gasteiger partial charge in [-0.15, -0.1) is 6.58 Å². The van der Waals surface area contributed by atoms with E-state index in [4.69, 9.17) is 0 Å². The lowest BCUT2D eigenvalue weighted by Gasteiger charge is -1.96. The quantitative estimate of drug-likeness (QED) is 0.600. The number of allylic oxidation sites excluding steroid dienone is 1. The third kappa shape index (κ3) is 5.05. The molecule has 0 radical (unpaired) electrons. The van der Waals surface area contributed by atoms with Crippen molar-refractivity contribution in [2.75, 3.05) is 0 Å². The van der Waals surface area contributed by atoms with Crippen molar-refractivity contribution in [1.82, 2.24) is 0 Å². The molecule has 1 aromatic rings. The Morgan fingerprint density at radius 3 is 2.69 bits per heavy atom. The monoisotopic (exact) mass is 210 g/mol. The Balaban J connectivity index is 2.48. The highest BCUT2D eigenvalue weighted by Gasteiger charge is 1.94. The van der Waals surface area contributed by atoms with Gasteiger partial charge in [-0.05, 0) is 36.8 Å². The predicted octanol–water partition coefficient (Wildman–Crippen LogP) is 2.37. The third-order valence-electron chi connectivity index (χ3n) is 1.93. The maximum atomic E-state index is 9.39. The molecule has 0 saturated heterocycles. The van der Waals surface area contributed by atoms with Crippen LogP contribution >= 0.6 is 0 Å². The van der Waals surface area contributed by atoms with E-state index in [1.54, 1.807) is 6.08 Å². The van der Waals surface area contributed by atoms with Crippen LogP contribution in [0.2, 0.25) is 0 Å². The SMILES string of the molecule is C=CCC[C@@H](O)C#CC#Cc1ccccc1. The highest BCUT2D eigenvalue weighted by atomic mass is 16.3. The summed E-state index contributed by atoms with van der Waals surface area (Å²) < 4.78 is 0. The summed E-state index contributed by atoms with van der Waals surface area (Å²) >= 11 is 0. The number of aliphatic hydroxyl groups excluding tert-OH is 1. The average Bonchev–Trinajstić information content (AvgIpc) is 2.33. The van der Waals surface area contributed by atoms with Crippen molar-refractivity contribution in [3.8, 4) is 23.7 Å². The van der Waals surface area contributed by atoms with Crippen LogP contribution in [0.5, 0.6) is 0 Å². The molecular formula is C15H14O. The fourth-order valence-corrected chi connectivity index (χ4v) is 1.09. The minimum Gasteiger partial charge on any atom is -0.380 e. The first-order valence-electron chi connectivity index (χ1n) is 5.18. The lowest BCUT2D eigenvalue weighted by Crippen LogP contribution is -2.00. The molecule has 16 heavy (non-hydrogen) atoms. The van der Waals surface area contributed by atoms with E-state index in [1.165, 1.54) is 0 Å². The van der Waals surface area contributed by atoms with Crippen molar-refractivity contribution < 1.29 is 5.11 Å². The summed E-state index contributed by atoms with van der Waals surface area (Å²) in [5.74, 6) is 10.9. The molecule has 0 aliphatic heterocycles. The Hall–Kier alpha value is -1.96. The zero-order valence-electron chi connectivity index (χ0n) is 9.11. The summed E-state index contributed by atoms with van der Waals surface area (Å²) in [4.78, 5) is 0. The van der Waals surface area contributed by atoms with Gasteiger partial charge in [0.05, 0.1) is 0 Å². The summed E-state index contributed by atoms with van der Waals surface area (Å²) in [7, 11) is 0. The Kier molecular flexibility index (Phi) is 5.56. The van der Waals surface area contributed by atoms with Gasteiger partial charge in [-0.3, -0.25) is 0 Å². The number of aliphatic hydroxyl groups is 1. The lowest BCUT2D eigenvalue weighted by molar-refractivity contribution is 0.223. The first-order chi connectivity index (χ1) is 7.83. The van der Waals surface area contributed by atoms with Gasteiger partial charge in [0.25, 0.3) is 0 Å². The second-order valence-corrected chi connectivity index (χ2v) is 3.27. The Morgan fingerprint density at radius 1 is 1.25 bits per heavy atom. The second kappa shape index (κ2) is 7.35. The molecule has 0 unspecified atom stereocenters. The summed E-state index contributed by atoms with van der Waals surface area (Å²) in [6.07, 6.45) is 2.54. The third-order valence-corrected chi connectivity index (χ3v) is 1.93. The summed E-state index contributed by atoms with van der Waals surface area (Å²) in [5, 5.41) is 9.39. The first kappa shape index (κ1) is 12.1. The van der Waals surface area contributed by atoms with Crippen molar-refractivity contribution in [3.05, 3.63) is 48.6 Å². The van der Waals surface area contributed by atoms with Gasteiger partial charge < -0.3 is 5.11 Å². The van der Waals surface area contributed by atoms with Crippen LogP contribution in [-0.2, 0) is 0 Å². The molecule has 0 heterocycles. The molecule has 0 aliphatic carbocycles. The van der Waals surface area contributed by atoms with Crippen LogP contribution in [0, 0.1) is 23.7 Å². The molecule has 0 spiro atoms. The van der Waals surface area contributed by atoms with E-state index < -0.39 is 6.10 Å². The molecule has 1 N–H and O–H groups in total. The fourth-order valence-electron chi connectivity index (χ4n) is 1.09. The molecule has 1 rings (SSSR count). The molecule has 0 aromatic heterocycles. The van der Waals surface area contributed by atoms with Gasteiger partial charge >= 0.3 is 0 Å². The largest absolute Gasteiger partial charge is 0.380 e. The van der Waals surface area contributed by atoms with E-state index in [0.717, 1.165) is 12.0 Å². The molecule has 1 heteroatoms. The number of hydrogen-bond donors (Lipinski definition) is 1. The van der Waals surface area contributed by atoms with Crippen molar-refractivity contribution >= 4 is 0 Å². The topological polar surface area (TPSA) is 20.2 Å². The summed E-state index contributed by atoms with van der Waals surface area (Å²) in [6.45, 7) is 3.58. The van der Waals surface area contributed by atoms with Crippen LogP contribution < -0.4 is 0 Å². The van der Waals surface area contributed by atoms with E-state index in [9.17, 15) is 5.11 Å². The van der Waals surface area contributed by atoms with Gasteiger partial charge in [-0.25, -0.2) is 0 Å². The molecule has 0 saturated carbocycles. The summed E-state index contributed by atoms with van der Waals surface area (Å²) in [6, 6.07) is 9.63. The molecule has 1 nitrogen and oxygen atoms in total. The molecule has 80 valence electrons. The number of hydrogen-bond acceptors (Lipinski definition) is 1. The molecule has 0 bridgehead atoms. The number of rotatable bonds is 3. The molecule has 0 fully saturated rings. The van der Waals surface area contributed by atoms with Gasteiger partial charge in [0.1, 0.15) is 6.10 Å². The highest BCUT2D eigenvalue weighted by Crippen LogP contribution is 1.96. The van der Waals surface area contributed by atoms with Crippen molar-refractivity contribution in [1.29, 1.82) is 0 Å². The minimum atomic E-state index is -0.608. The van der Waals surface area contributed by atoms with Gasteiger partial charge in [-0.2, -0.15) is 0 Å². The summed E-state index contributed by atoms with van der Waals surface area (Å²) in [5.41, 5.74) is 0.928. The normalized spacial score (nSPS) is 10.3. The molecule has 0 amide bonds. The van der Waals surface area contributed by atoms with Crippen LogP contribution in [-0.4, -0.2) is 11.2 Å². The average molecular weight is 210 g/mol. The molecule has 1 atom stereocenters. The number of benzene rings is 1. The van der Waals surface area contributed by atoms with Gasteiger partial charge in [0.15, 0.2) is 0 Å². The molecule has 0 aliphatic rings. The predicted molar refractivity (Wildman–Crippen MR) is 66.5 cm³/mol. The van der Waals surface area contributed by atoms with Gasteiger partial charge in [0.2, 0.25) is 0 Å². The zero-order chi connectivity index (χ0) is 11.6. The molecule has 1 aromatic carbocycles. The standard InChI is InChI=1S/C15H14O/c1-2-3-12-15(16)13-8-7-11-14-9-5-4-6-10-14/h2,4-6,9-10,15-16H,1,3,12H2/t15-/m1/s1. The second-order valence-electron chi connectivity index (χ2n) is 3.27. The minimum absolute atomic E-state index is 0.608. The van der Waals surface area contributed by atoms with Crippen LogP contribution in [0.25, 0.3) is 0 Å². The Morgan fingerprint density at radius 2 is 2.00 bits per heavy atom. The first-order valence-corrected chi connectivity index (χ1v) is 5.18. The van der Waals surface area contributed by atoms with E-state index >= 15 is 0 Å². The van der Waals surface area contributed by atoms with Crippen molar-refractivity contribution in [2.24, 2.45) is 0 Å². The maximum Gasteiger partial charge on any atom is 0.116 e. The van der Waals surface area contributed by atoms with Crippen molar-refractivity contribution in [3.63, 3.8) is 0 Å². The Bertz CT molecular complexity index is 437. The smallest absolute Gasteiger partial charge is 0.116 e. The van der Waals surface area contributed by atoms with E-state index in [2.05, 4.69) is 30.3 Å². The Labute approximate surface area is 96.8 Å². The van der Waals surface area contributed by atoms with Crippen LogP contribution in [0.1, 0.15) is 18.4 Å². The van der Waals surface area contributed by atoms with Crippen LogP contribution in [0.4, 0.5) is 0 Å². The van der Waals surface area contributed by atoms with Crippen LogP contribution in [0.3, 0.4) is 0 Å². The van der Waals surface area contributed by atoms with E-state index in [-0.39, 0.29) is 0 Å². The lowest BCUT2D eigenvalue weighted by atomic mass is 10.2. The van der Waals surface area contributed by atoms with E-state index in [1.807, 2.05) is 30.3 Å². The highest BCUT2D eigenvalue weighted by molar-refractivity contribution is 5.39. The fraction of sp³-hybridized carbons (Fsp3) is 0.200. The van der Waals surface area contributed by atoms with Gasteiger partial charge in [-0.1, -0.05) is 36.1 Å². The zero-order valence-corrected chi connectivity index (χ0v) is 9.11. The van der Waals surface area contributed by atoms with E-state index in [0.29, 0.717) is 6.42 Å². The van der Waals surface area contributed by atoms with Gasteiger partial charge in [0, 0.05) is 5.56 Å².